The first-order valence-corrected chi connectivity index (χ1v) is 8.88. The molecule has 0 amide bonds. The summed E-state index contributed by atoms with van der Waals surface area (Å²) in [7, 11) is 0. The topological polar surface area (TPSA) is 122 Å². The molecule has 2 aliphatic carbocycles. The van der Waals surface area contributed by atoms with E-state index in [4.69, 9.17) is 9.47 Å². The van der Waals surface area contributed by atoms with Crippen LogP contribution in [0.25, 0.3) is 0 Å². The minimum Gasteiger partial charge on any atom is -0.394 e. The highest BCUT2D eigenvalue weighted by atomic mass is 16.7. The van der Waals surface area contributed by atoms with Crippen molar-refractivity contribution in [2.24, 2.45) is 0 Å². The molecule has 9 nitrogen and oxygen atoms in total. The largest absolute Gasteiger partial charge is 0.519 e. The molecule has 0 bridgehead atoms. The number of non-ortho nitro benzene ring substituents is 2. The van der Waals surface area contributed by atoms with Gasteiger partial charge in [-0.05, 0) is 49.7 Å². The second-order valence-corrected chi connectivity index (χ2v) is 6.96. The van der Waals surface area contributed by atoms with Crippen LogP contribution in [0.2, 0.25) is 0 Å². The maximum Gasteiger partial charge on any atom is 0.519 e. The van der Waals surface area contributed by atoms with Crippen LogP contribution in [-0.2, 0) is 0 Å². The highest BCUT2D eigenvalue weighted by molar-refractivity contribution is 5.69. The van der Waals surface area contributed by atoms with Gasteiger partial charge < -0.3 is 9.47 Å². The van der Waals surface area contributed by atoms with Gasteiger partial charge in [-0.3, -0.25) is 20.2 Å². The van der Waals surface area contributed by atoms with Gasteiger partial charge in [0.05, 0.1) is 9.85 Å². The lowest BCUT2D eigenvalue weighted by atomic mass is 10.1. The molecular weight excluding hydrogens is 368 g/mol. The quantitative estimate of drug-likeness (QED) is 0.302. The molecular formula is C19H16N2O7. The molecule has 0 aromatic heterocycles. The summed E-state index contributed by atoms with van der Waals surface area (Å²) in [5.74, 6) is 0.717. The predicted octanol–water partition coefficient (Wildman–Crippen LogP) is 4.84. The van der Waals surface area contributed by atoms with E-state index in [-0.39, 0.29) is 34.7 Å². The Morgan fingerprint density at radius 3 is 1.50 bits per heavy atom. The summed E-state index contributed by atoms with van der Waals surface area (Å²) in [6.45, 7) is 0. The van der Waals surface area contributed by atoms with Crippen LogP contribution in [-0.4, -0.2) is 16.0 Å². The first-order valence-electron chi connectivity index (χ1n) is 8.88. The molecule has 0 aliphatic heterocycles. The molecule has 2 aromatic rings. The highest BCUT2D eigenvalue weighted by Gasteiger charge is 2.31. The molecule has 28 heavy (non-hydrogen) atoms. The molecule has 9 heteroatoms. The Kier molecular flexibility index (Phi) is 4.42. The molecule has 2 aliphatic rings. The average Bonchev–Trinajstić information content (AvgIpc) is 3.55. The second-order valence-electron chi connectivity index (χ2n) is 6.96. The Balaban J connectivity index is 1.54. The number of benzene rings is 2. The van der Waals surface area contributed by atoms with E-state index >= 15 is 0 Å². The minimum atomic E-state index is -0.980. The fraction of sp³-hybridized carbons (Fsp3) is 0.316. The van der Waals surface area contributed by atoms with Crippen molar-refractivity contribution in [3.63, 3.8) is 0 Å². The number of nitro benzene ring substituents is 2. The first-order chi connectivity index (χ1) is 13.4. The number of hydrogen-bond donors (Lipinski definition) is 0. The summed E-state index contributed by atoms with van der Waals surface area (Å²) in [6.07, 6.45) is 2.52. The first kappa shape index (κ1) is 17.9. The van der Waals surface area contributed by atoms with Gasteiger partial charge in [0.15, 0.2) is 0 Å². The van der Waals surface area contributed by atoms with Crippen LogP contribution in [0.4, 0.5) is 16.2 Å². The van der Waals surface area contributed by atoms with Crippen LogP contribution in [0, 0.1) is 20.2 Å². The van der Waals surface area contributed by atoms with E-state index in [1.54, 1.807) is 0 Å². The third kappa shape index (κ3) is 3.78. The van der Waals surface area contributed by atoms with Crippen LogP contribution in [0.3, 0.4) is 0 Å². The third-order valence-corrected chi connectivity index (χ3v) is 4.83. The fourth-order valence-corrected chi connectivity index (χ4v) is 3.11. The fourth-order valence-electron chi connectivity index (χ4n) is 3.11. The van der Waals surface area contributed by atoms with Crippen LogP contribution in [0.1, 0.15) is 48.6 Å². The van der Waals surface area contributed by atoms with E-state index in [0.29, 0.717) is 11.1 Å². The molecule has 0 saturated heterocycles. The van der Waals surface area contributed by atoms with Crippen LogP contribution >= 0.6 is 0 Å². The van der Waals surface area contributed by atoms with Crippen molar-refractivity contribution in [3.8, 4) is 11.5 Å². The maximum atomic E-state index is 12.3. The van der Waals surface area contributed by atoms with E-state index in [9.17, 15) is 25.0 Å². The Morgan fingerprint density at radius 1 is 0.786 bits per heavy atom. The molecule has 0 heterocycles. The summed E-state index contributed by atoms with van der Waals surface area (Å²) in [5.41, 5.74) is 1.09. The van der Waals surface area contributed by atoms with Gasteiger partial charge in [-0.15, -0.1) is 0 Å². The Morgan fingerprint density at radius 2 is 1.18 bits per heavy atom. The van der Waals surface area contributed by atoms with E-state index < -0.39 is 16.0 Å². The smallest absolute Gasteiger partial charge is 0.394 e. The van der Waals surface area contributed by atoms with Gasteiger partial charge in [-0.2, -0.15) is 0 Å². The molecule has 0 unspecified atom stereocenters. The highest BCUT2D eigenvalue weighted by Crippen LogP contribution is 2.47. The van der Waals surface area contributed by atoms with E-state index in [1.807, 2.05) is 0 Å². The monoisotopic (exact) mass is 384 g/mol. The third-order valence-electron chi connectivity index (χ3n) is 4.83. The number of carbonyl (C=O) groups excluding carboxylic acids is 1. The zero-order chi connectivity index (χ0) is 19.8. The summed E-state index contributed by atoms with van der Waals surface area (Å²) in [6, 6.07) is 8.17. The minimum absolute atomic E-state index is 0.0611. The molecule has 0 radical (unpaired) electrons. The van der Waals surface area contributed by atoms with Crippen molar-refractivity contribution in [1.29, 1.82) is 0 Å². The zero-order valence-corrected chi connectivity index (χ0v) is 14.7. The van der Waals surface area contributed by atoms with Crippen molar-refractivity contribution >= 4 is 17.5 Å². The lowest BCUT2D eigenvalue weighted by Gasteiger charge is -2.12. The lowest BCUT2D eigenvalue weighted by Crippen LogP contribution is -2.15. The summed E-state index contributed by atoms with van der Waals surface area (Å²) in [5, 5.41) is 22.0. The van der Waals surface area contributed by atoms with Crippen molar-refractivity contribution < 1.29 is 24.1 Å². The van der Waals surface area contributed by atoms with Crippen molar-refractivity contribution in [2.75, 3.05) is 0 Å². The number of ether oxygens (including phenoxy) is 2. The molecule has 0 N–H and O–H groups in total. The molecule has 2 fully saturated rings. The van der Waals surface area contributed by atoms with Gasteiger partial charge in [-0.25, -0.2) is 4.79 Å². The molecule has 4 rings (SSSR count). The molecule has 2 aromatic carbocycles. The van der Waals surface area contributed by atoms with E-state index in [1.165, 1.54) is 36.4 Å². The Bertz CT molecular complexity index is 903. The van der Waals surface area contributed by atoms with Crippen LogP contribution in [0.15, 0.2) is 36.4 Å². The second kappa shape index (κ2) is 6.91. The van der Waals surface area contributed by atoms with Gasteiger partial charge in [0.1, 0.15) is 11.5 Å². The molecule has 0 atom stereocenters. The SMILES string of the molecule is O=C(Oc1ccc([N+](=O)[O-])cc1C1CC1)Oc1ccc([N+](=O)[O-])cc1C1CC1. The lowest BCUT2D eigenvalue weighted by molar-refractivity contribution is -0.385. The Hall–Kier alpha value is -3.49. The van der Waals surface area contributed by atoms with Crippen molar-refractivity contribution in [3.05, 3.63) is 67.8 Å². The van der Waals surface area contributed by atoms with Crippen LogP contribution < -0.4 is 9.47 Å². The molecule has 144 valence electrons. The van der Waals surface area contributed by atoms with Gasteiger partial charge >= 0.3 is 6.16 Å². The summed E-state index contributed by atoms with van der Waals surface area (Å²) < 4.78 is 10.6. The van der Waals surface area contributed by atoms with E-state index in [2.05, 4.69) is 0 Å². The zero-order valence-electron chi connectivity index (χ0n) is 14.7. The average molecular weight is 384 g/mol. The van der Waals surface area contributed by atoms with E-state index in [0.717, 1.165) is 25.7 Å². The number of rotatable bonds is 6. The van der Waals surface area contributed by atoms with Crippen molar-refractivity contribution in [2.45, 2.75) is 37.5 Å². The number of hydrogen-bond acceptors (Lipinski definition) is 7. The molecule has 0 spiro atoms. The Labute approximate surface area is 159 Å². The number of nitrogens with zero attached hydrogens (tertiary/aromatic N) is 2. The van der Waals surface area contributed by atoms with Gasteiger partial charge in [0.2, 0.25) is 0 Å². The van der Waals surface area contributed by atoms with Crippen molar-refractivity contribution in [1.82, 2.24) is 0 Å². The normalized spacial score (nSPS) is 15.7. The van der Waals surface area contributed by atoms with Gasteiger partial charge in [0, 0.05) is 35.4 Å². The standard InChI is InChI=1S/C19H16N2O7/c22-19(27-17-7-5-13(20(23)24)9-15(17)11-1-2-11)28-18-8-6-14(21(25)26)10-16(18)12-3-4-12/h5-12H,1-4H2. The molecule has 2 saturated carbocycles. The number of nitro groups is 2. The predicted molar refractivity (Wildman–Crippen MR) is 96.8 cm³/mol. The summed E-state index contributed by atoms with van der Waals surface area (Å²) >= 11 is 0. The summed E-state index contributed by atoms with van der Waals surface area (Å²) in [4.78, 5) is 33.3. The maximum absolute atomic E-state index is 12.3. The van der Waals surface area contributed by atoms with Gasteiger partial charge in [0.25, 0.3) is 11.4 Å². The van der Waals surface area contributed by atoms with Crippen LogP contribution in [0.5, 0.6) is 11.5 Å². The number of carbonyl (C=O) groups is 1. The van der Waals surface area contributed by atoms with Gasteiger partial charge in [-0.1, -0.05) is 0 Å².